The van der Waals surface area contributed by atoms with E-state index in [-0.39, 0.29) is 17.7 Å². The van der Waals surface area contributed by atoms with E-state index in [0.717, 1.165) is 12.8 Å². The number of anilines is 1. The zero-order valence-corrected chi connectivity index (χ0v) is 14.3. The average Bonchev–Trinajstić information content (AvgIpc) is 3.37. The van der Waals surface area contributed by atoms with Crippen LogP contribution in [-0.2, 0) is 9.59 Å². The fourth-order valence-electron chi connectivity index (χ4n) is 2.61. The Kier molecular flexibility index (Phi) is 5.59. The molecule has 0 spiro atoms. The topological polar surface area (TPSA) is 86.7 Å². The molecule has 130 valence electrons. The van der Waals surface area contributed by atoms with E-state index < -0.39 is 17.9 Å². The maximum absolute atomic E-state index is 12.6. The van der Waals surface area contributed by atoms with E-state index in [1.807, 2.05) is 13.8 Å². The number of carboxylic acid groups (broad SMARTS) is 1. The van der Waals surface area contributed by atoms with E-state index in [1.165, 1.54) is 4.90 Å². The summed E-state index contributed by atoms with van der Waals surface area (Å²) in [5.74, 6) is -1.36. The molecule has 0 unspecified atom stereocenters. The molecule has 1 aliphatic carbocycles. The Morgan fingerprint density at radius 2 is 1.88 bits per heavy atom. The van der Waals surface area contributed by atoms with Gasteiger partial charge in [0.25, 0.3) is 5.91 Å². The van der Waals surface area contributed by atoms with Gasteiger partial charge in [0.05, 0.1) is 11.3 Å². The summed E-state index contributed by atoms with van der Waals surface area (Å²) >= 11 is 0. The Balaban J connectivity index is 2.19. The number of rotatable bonds is 7. The highest BCUT2D eigenvalue weighted by molar-refractivity contribution is 6.06. The van der Waals surface area contributed by atoms with Crippen LogP contribution in [0.3, 0.4) is 0 Å². The third kappa shape index (κ3) is 4.34. The molecule has 0 heterocycles. The van der Waals surface area contributed by atoms with Crippen LogP contribution in [-0.4, -0.2) is 36.0 Å². The Hall–Kier alpha value is -2.37. The van der Waals surface area contributed by atoms with E-state index in [4.69, 9.17) is 0 Å². The normalized spacial score (nSPS) is 15.0. The lowest BCUT2D eigenvalue weighted by atomic mass is 10.0. The highest BCUT2D eigenvalue weighted by Crippen LogP contribution is 2.33. The lowest BCUT2D eigenvalue weighted by molar-refractivity contribution is -0.139. The number of carbonyl (C=O) groups excluding carboxylic acids is 2. The third-order valence-electron chi connectivity index (χ3n) is 4.08. The Morgan fingerprint density at radius 1 is 1.25 bits per heavy atom. The van der Waals surface area contributed by atoms with Gasteiger partial charge in [-0.2, -0.15) is 0 Å². The van der Waals surface area contributed by atoms with Gasteiger partial charge in [-0.05, 0) is 37.3 Å². The van der Waals surface area contributed by atoms with Crippen molar-refractivity contribution in [3.63, 3.8) is 0 Å². The molecule has 1 saturated carbocycles. The number of benzene rings is 1. The van der Waals surface area contributed by atoms with Crippen LogP contribution in [0.4, 0.5) is 5.69 Å². The number of nitrogens with one attached hydrogen (secondary N) is 1. The van der Waals surface area contributed by atoms with Crippen LogP contribution in [0.2, 0.25) is 0 Å². The van der Waals surface area contributed by atoms with Crippen molar-refractivity contribution in [1.82, 2.24) is 5.32 Å². The first-order chi connectivity index (χ1) is 11.3. The van der Waals surface area contributed by atoms with Crippen LogP contribution in [0, 0.1) is 11.8 Å². The Morgan fingerprint density at radius 3 is 2.42 bits per heavy atom. The summed E-state index contributed by atoms with van der Waals surface area (Å²) in [7, 11) is 1.65. The highest BCUT2D eigenvalue weighted by Gasteiger charge is 2.33. The maximum atomic E-state index is 12.6. The van der Waals surface area contributed by atoms with Crippen molar-refractivity contribution in [3.8, 4) is 0 Å². The molecule has 2 rings (SSSR count). The largest absolute Gasteiger partial charge is 0.480 e. The van der Waals surface area contributed by atoms with Crippen molar-refractivity contribution < 1.29 is 19.5 Å². The lowest BCUT2D eigenvalue weighted by Crippen LogP contribution is -2.42. The van der Waals surface area contributed by atoms with Crippen molar-refractivity contribution in [2.24, 2.45) is 11.8 Å². The van der Waals surface area contributed by atoms with Gasteiger partial charge in [-0.15, -0.1) is 0 Å². The summed E-state index contributed by atoms with van der Waals surface area (Å²) < 4.78 is 0. The third-order valence-corrected chi connectivity index (χ3v) is 4.08. The molecule has 6 heteroatoms. The van der Waals surface area contributed by atoms with Gasteiger partial charge in [-0.25, -0.2) is 4.79 Å². The standard InChI is InChI=1S/C18H24N2O4/c1-11(2)10-14(18(23)24)19-16(21)13-6-4-5-7-15(13)20(3)17(22)12-8-9-12/h4-7,11-12,14H,8-10H2,1-3H3,(H,19,21)(H,23,24)/t14-/m1/s1. The van der Waals surface area contributed by atoms with Crippen molar-refractivity contribution in [2.75, 3.05) is 11.9 Å². The van der Waals surface area contributed by atoms with Crippen molar-refractivity contribution >= 4 is 23.5 Å². The van der Waals surface area contributed by atoms with Gasteiger partial charge in [0.2, 0.25) is 5.91 Å². The van der Waals surface area contributed by atoms with Gasteiger partial charge in [0.1, 0.15) is 6.04 Å². The predicted molar refractivity (Wildman–Crippen MR) is 90.9 cm³/mol. The van der Waals surface area contributed by atoms with Crippen LogP contribution in [0.1, 0.15) is 43.5 Å². The molecule has 24 heavy (non-hydrogen) atoms. The second-order valence-corrected chi connectivity index (χ2v) is 6.68. The fourth-order valence-corrected chi connectivity index (χ4v) is 2.61. The first-order valence-electron chi connectivity index (χ1n) is 8.21. The van der Waals surface area contributed by atoms with E-state index in [0.29, 0.717) is 17.7 Å². The molecule has 0 radical (unpaired) electrons. The summed E-state index contributed by atoms with van der Waals surface area (Å²) in [5.41, 5.74) is 0.810. The van der Waals surface area contributed by atoms with E-state index in [1.54, 1.807) is 31.3 Å². The number of aliphatic carboxylic acids is 1. The number of amides is 2. The summed E-state index contributed by atoms with van der Waals surface area (Å²) in [4.78, 5) is 37.7. The minimum atomic E-state index is -1.06. The molecule has 2 N–H and O–H groups in total. The Labute approximate surface area is 141 Å². The second kappa shape index (κ2) is 7.47. The molecule has 1 fully saturated rings. The van der Waals surface area contributed by atoms with Crippen LogP contribution < -0.4 is 10.2 Å². The zero-order chi connectivity index (χ0) is 17.9. The summed E-state index contributed by atoms with van der Waals surface area (Å²) in [6, 6.07) is 5.82. The molecule has 0 bridgehead atoms. The monoisotopic (exact) mass is 332 g/mol. The molecule has 2 amide bonds. The molecule has 1 aliphatic rings. The van der Waals surface area contributed by atoms with Crippen molar-refractivity contribution in [1.29, 1.82) is 0 Å². The summed E-state index contributed by atoms with van der Waals surface area (Å²) in [6.45, 7) is 3.80. The maximum Gasteiger partial charge on any atom is 0.326 e. The molecule has 0 aliphatic heterocycles. The van der Waals surface area contributed by atoms with E-state index in [9.17, 15) is 19.5 Å². The average molecular weight is 332 g/mol. The van der Waals surface area contributed by atoms with Crippen molar-refractivity contribution in [3.05, 3.63) is 29.8 Å². The highest BCUT2D eigenvalue weighted by atomic mass is 16.4. The minimum absolute atomic E-state index is 0.00721. The molecular weight excluding hydrogens is 308 g/mol. The molecule has 1 aromatic carbocycles. The number of carbonyl (C=O) groups is 3. The number of para-hydroxylation sites is 1. The van der Waals surface area contributed by atoms with Gasteiger partial charge >= 0.3 is 5.97 Å². The van der Waals surface area contributed by atoms with Gasteiger partial charge in [-0.3, -0.25) is 9.59 Å². The SMILES string of the molecule is CC(C)C[C@@H](NC(=O)c1ccccc1N(C)C(=O)C1CC1)C(=O)O. The number of hydrogen-bond donors (Lipinski definition) is 2. The smallest absolute Gasteiger partial charge is 0.326 e. The van der Waals surface area contributed by atoms with Gasteiger partial charge in [-0.1, -0.05) is 26.0 Å². The fraction of sp³-hybridized carbons (Fsp3) is 0.500. The molecule has 6 nitrogen and oxygen atoms in total. The van der Waals surface area contributed by atoms with Crippen LogP contribution in [0.25, 0.3) is 0 Å². The van der Waals surface area contributed by atoms with Gasteiger partial charge in [0.15, 0.2) is 0 Å². The van der Waals surface area contributed by atoms with Crippen LogP contribution in [0.5, 0.6) is 0 Å². The van der Waals surface area contributed by atoms with Gasteiger partial charge < -0.3 is 15.3 Å². The summed E-state index contributed by atoms with van der Waals surface area (Å²) in [5, 5.41) is 11.9. The van der Waals surface area contributed by atoms with Crippen LogP contribution in [0.15, 0.2) is 24.3 Å². The molecule has 0 aromatic heterocycles. The van der Waals surface area contributed by atoms with E-state index in [2.05, 4.69) is 5.32 Å². The quantitative estimate of drug-likeness (QED) is 0.802. The molecule has 0 saturated heterocycles. The van der Waals surface area contributed by atoms with E-state index >= 15 is 0 Å². The molecular formula is C18H24N2O4. The second-order valence-electron chi connectivity index (χ2n) is 6.68. The first-order valence-corrected chi connectivity index (χ1v) is 8.21. The lowest BCUT2D eigenvalue weighted by Gasteiger charge is -2.22. The molecule has 1 aromatic rings. The first kappa shape index (κ1) is 18.0. The summed E-state index contributed by atoms with van der Waals surface area (Å²) in [6.07, 6.45) is 2.11. The van der Waals surface area contributed by atoms with Crippen LogP contribution >= 0.6 is 0 Å². The zero-order valence-electron chi connectivity index (χ0n) is 14.3. The predicted octanol–water partition coefficient (Wildman–Crippen LogP) is 2.29. The molecule has 1 atom stereocenters. The number of nitrogens with zero attached hydrogens (tertiary/aromatic N) is 1. The Bertz CT molecular complexity index is 638. The van der Waals surface area contributed by atoms with Crippen molar-refractivity contribution in [2.45, 2.75) is 39.2 Å². The minimum Gasteiger partial charge on any atom is -0.480 e. The van der Waals surface area contributed by atoms with Gasteiger partial charge in [0, 0.05) is 13.0 Å². The number of hydrogen-bond acceptors (Lipinski definition) is 3. The number of carboxylic acids is 1.